The van der Waals surface area contributed by atoms with Crippen molar-refractivity contribution in [2.24, 2.45) is 0 Å². The second-order valence-corrected chi connectivity index (χ2v) is 28.9. The molecule has 0 aliphatic heterocycles. The molecular formula is C106H70N2O2. The Balaban J connectivity index is 0.000000140. The van der Waals surface area contributed by atoms with E-state index in [1.807, 2.05) is 24.3 Å². The molecule has 2 aliphatic carbocycles. The molecule has 0 amide bonds. The first-order chi connectivity index (χ1) is 54.6. The minimum atomic E-state index is -0.496. The zero-order chi connectivity index (χ0) is 72.7. The summed E-state index contributed by atoms with van der Waals surface area (Å²) in [5.41, 5.74) is 28.9. The van der Waals surface area contributed by atoms with Gasteiger partial charge < -0.3 is 18.6 Å². The summed E-state index contributed by atoms with van der Waals surface area (Å²) in [4.78, 5) is 4.83. The van der Waals surface area contributed by atoms with Gasteiger partial charge in [0.05, 0.1) is 16.5 Å². The highest BCUT2D eigenvalue weighted by molar-refractivity contribution is 6.11. The molecule has 110 heavy (non-hydrogen) atoms. The van der Waals surface area contributed by atoms with Gasteiger partial charge in [-0.25, -0.2) is 0 Å². The molecule has 4 heteroatoms. The van der Waals surface area contributed by atoms with Crippen LogP contribution in [0, 0.1) is 0 Å². The van der Waals surface area contributed by atoms with E-state index >= 15 is 0 Å². The lowest BCUT2D eigenvalue weighted by Gasteiger charge is -2.35. The molecule has 0 radical (unpaired) electrons. The van der Waals surface area contributed by atoms with E-state index in [1.54, 1.807) is 0 Å². The lowest BCUT2D eigenvalue weighted by atomic mass is 9.67. The largest absolute Gasteiger partial charge is 0.455 e. The number of hydrogen-bond donors (Lipinski definition) is 0. The lowest BCUT2D eigenvalue weighted by molar-refractivity contribution is 0.669. The van der Waals surface area contributed by atoms with Gasteiger partial charge in [0.1, 0.15) is 22.3 Å². The first-order valence-electron chi connectivity index (χ1n) is 37.9. The maximum atomic E-state index is 6.45. The third-order valence-electron chi connectivity index (χ3n) is 23.1. The molecule has 18 aromatic carbocycles. The predicted octanol–water partition coefficient (Wildman–Crippen LogP) is 28.5. The standard InChI is InChI=1S/2C53H35NO/c1-3-17-38(18-4-1)53(39-19-5-2-6-20-39)48-26-11-9-22-44(48)45-34-33-41(35-49(45)53)54(50-27-13-16-36-15-7-8-21-42(36)50)40-31-29-37(30-32-40)43-24-14-25-47-46-23-10-12-28-51(46)55-52(43)47;1-3-16-39(17-4-1)53(40-18-5-2-6-19-40)49-24-11-9-20-45(49)46-33-32-43(35-50(46)53)54(42-31-26-36-14-7-8-15-38(36)34-42)41-29-27-37(28-30-41)44-22-13-23-48-47-21-10-12-25-51(47)55-52(44)48/h2*1-35H. The first kappa shape index (κ1) is 64.1. The van der Waals surface area contributed by atoms with E-state index in [4.69, 9.17) is 8.83 Å². The van der Waals surface area contributed by atoms with Gasteiger partial charge in [0.25, 0.3) is 0 Å². The second kappa shape index (κ2) is 26.3. The van der Waals surface area contributed by atoms with Crippen LogP contribution in [-0.2, 0) is 10.8 Å². The highest BCUT2D eigenvalue weighted by Crippen LogP contribution is 2.60. The van der Waals surface area contributed by atoms with Crippen LogP contribution in [0.2, 0.25) is 0 Å². The fraction of sp³-hybridized carbons (Fsp3) is 0.0189. The molecule has 516 valence electrons. The summed E-state index contributed by atoms with van der Waals surface area (Å²) < 4.78 is 12.9. The third-order valence-corrected chi connectivity index (χ3v) is 23.1. The number of hydrogen-bond acceptors (Lipinski definition) is 4. The predicted molar refractivity (Wildman–Crippen MR) is 457 cm³/mol. The fourth-order valence-corrected chi connectivity index (χ4v) is 18.3. The number of rotatable bonds is 12. The van der Waals surface area contributed by atoms with Crippen LogP contribution in [0.4, 0.5) is 34.1 Å². The average molecular weight is 1400 g/mol. The lowest BCUT2D eigenvalue weighted by Crippen LogP contribution is -2.28. The summed E-state index contributed by atoms with van der Waals surface area (Å²) in [7, 11) is 0. The van der Waals surface area contributed by atoms with Crippen molar-refractivity contribution in [2.45, 2.75) is 10.8 Å². The summed E-state index contributed by atoms with van der Waals surface area (Å²) in [6.45, 7) is 0. The van der Waals surface area contributed by atoms with Crippen LogP contribution in [0.25, 0.3) is 110 Å². The van der Waals surface area contributed by atoms with Gasteiger partial charge in [0.2, 0.25) is 0 Å². The first-order valence-corrected chi connectivity index (χ1v) is 37.9. The molecular weight excluding hydrogens is 1330 g/mol. The van der Waals surface area contributed by atoms with Gasteiger partial charge in [-0.15, -0.1) is 0 Å². The van der Waals surface area contributed by atoms with Crippen molar-refractivity contribution in [2.75, 3.05) is 9.80 Å². The van der Waals surface area contributed by atoms with E-state index in [1.165, 1.54) is 88.3 Å². The van der Waals surface area contributed by atoms with Gasteiger partial charge in [-0.3, -0.25) is 0 Å². The van der Waals surface area contributed by atoms with Crippen LogP contribution < -0.4 is 9.80 Å². The zero-order valence-corrected chi connectivity index (χ0v) is 60.1. The van der Waals surface area contributed by atoms with Crippen molar-refractivity contribution >= 4 is 99.5 Å². The van der Waals surface area contributed by atoms with Crippen LogP contribution in [0.3, 0.4) is 0 Å². The number of benzene rings is 18. The van der Waals surface area contributed by atoms with Crippen LogP contribution in [0.1, 0.15) is 44.5 Å². The SMILES string of the molecule is c1ccc(C2(c3ccccc3)c3ccccc3-c3ccc(N(c4ccc(-c5cccc6c5oc5ccccc56)cc4)c4ccc5ccccc5c4)cc32)cc1.c1ccc(C2(c3ccccc3)c3ccccc3-c3ccc(N(c4ccc(-c5cccc6c5oc5ccccc56)cc4)c4cccc5ccccc45)cc32)cc1. The van der Waals surface area contributed by atoms with Gasteiger partial charge in [-0.2, -0.15) is 0 Å². The van der Waals surface area contributed by atoms with Crippen molar-refractivity contribution in [3.8, 4) is 44.5 Å². The number of furan rings is 2. The maximum absolute atomic E-state index is 6.45. The number of nitrogens with zero attached hydrogens (tertiary/aromatic N) is 2. The Hall–Kier alpha value is -14.3. The van der Waals surface area contributed by atoms with E-state index in [0.717, 1.165) is 100 Å². The van der Waals surface area contributed by atoms with Crippen LogP contribution >= 0.6 is 0 Å². The van der Waals surface area contributed by atoms with Crippen LogP contribution in [0.5, 0.6) is 0 Å². The highest BCUT2D eigenvalue weighted by atomic mass is 16.3. The molecule has 0 spiro atoms. The quantitative estimate of drug-likeness (QED) is 0.122. The molecule has 0 saturated carbocycles. The van der Waals surface area contributed by atoms with E-state index in [2.05, 4.69) is 410 Å². The Morgan fingerprint density at radius 2 is 0.527 bits per heavy atom. The topological polar surface area (TPSA) is 32.8 Å². The Morgan fingerprint density at radius 1 is 0.191 bits per heavy atom. The Labute approximate surface area is 638 Å². The molecule has 0 bridgehead atoms. The minimum Gasteiger partial charge on any atom is -0.455 e. The molecule has 2 heterocycles. The molecule has 22 rings (SSSR count). The molecule has 0 atom stereocenters. The van der Waals surface area contributed by atoms with Gasteiger partial charge in [0.15, 0.2) is 0 Å². The third kappa shape index (κ3) is 10.2. The number of anilines is 6. The molecule has 0 fully saturated rings. The van der Waals surface area contributed by atoms with E-state index in [0.29, 0.717) is 0 Å². The second-order valence-electron chi connectivity index (χ2n) is 28.9. The van der Waals surface area contributed by atoms with Crippen molar-refractivity contribution in [1.82, 2.24) is 0 Å². The van der Waals surface area contributed by atoms with Crippen molar-refractivity contribution in [3.05, 3.63) is 469 Å². The summed E-state index contributed by atoms with van der Waals surface area (Å²) >= 11 is 0. The van der Waals surface area contributed by atoms with Crippen molar-refractivity contribution < 1.29 is 8.83 Å². The van der Waals surface area contributed by atoms with E-state index in [9.17, 15) is 0 Å². The molecule has 2 aromatic heterocycles. The van der Waals surface area contributed by atoms with E-state index < -0.39 is 10.8 Å². The molecule has 0 saturated heterocycles. The summed E-state index contributed by atoms with van der Waals surface area (Å²) in [5, 5.41) is 9.37. The smallest absolute Gasteiger partial charge is 0.143 e. The monoisotopic (exact) mass is 1400 g/mol. The van der Waals surface area contributed by atoms with Gasteiger partial charge in [0, 0.05) is 66.5 Å². The minimum absolute atomic E-state index is 0.491. The Kier molecular flexibility index (Phi) is 15.3. The Bertz CT molecular complexity index is 6810. The molecule has 4 nitrogen and oxygen atoms in total. The van der Waals surface area contributed by atoms with Gasteiger partial charge in [-0.1, -0.05) is 346 Å². The average Bonchev–Trinajstić information content (AvgIpc) is 1.53. The summed E-state index contributed by atoms with van der Waals surface area (Å²) in [5.74, 6) is 0. The summed E-state index contributed by atoms with van der Waals surface area (Å²) in [6, 6.07) is 154. The molecule has 2 aliphatic rings. The fourth-order valence-electron chi connectivity index (χ4n) is 18.3. The number of para-hydroxylation sites is 4. The van der Waals surface area contributed by atoms with Gasteiger partial charge in [-0.05, 0) is 173 Å². The van der Waals surface area contributed by atoms with Crippen LogP contribution in [-0.4, -0.2) is 0 Å². The van der Waals surface area contributed by atoms with Crippen molar-refractivity contribution in [1.29, 1.82) is 0 Å². The van der Waals surface area contributed by atoms with Crippen LogP contribution in [0.15, 0.2) is 433 Å². The van der Waals surface area contributed by atoms with Gasteiger partial charge >= 0.3 is 0 Å². The maximum Gasteiger partial charge on any atom is 0.143 e. The Morgan fingerprint density at radius 3 is 1.03 bits per heavy atom. The van der Waals surface area contributed by atoms with E-state index in [-0.39, 0.29) is 0 Å². The highest BCUT2D eigenvalue weighted by Gasteiger charge is 2.48. The van der Waals surface area contributed by atoms with Crippen molar-refractivity contribution in [3.63, 3.8) is 0 Å². The molecule has 0 unspecified atom stereocenters. The molecule has 20 aromatic rings. The summed E-state index contributed by atoms with van der Waals surface area (Å²) in [6.07, 6.45) is 0. The zero-order valence-electron chi connectivity index (χ0n) is 60.1. The molecule has 0 N–H and O–H groups in total. The normalized spacial score (nSPS) is 12.9. The number of fused-ring (bicyclic) bond motifs is 14.